The molecule has 2 aromatic rings. The van der Waals surface area contributed by atoms with Gasteiger partial charge in [-0.3, -0.25) is 0 Å². The first-order valence-corrected chi connectivity index (χ1v) is 9.98. The highest BCUT2D eigenvalue weighted by Crippen LogP contribution is 2.17. The maximum Gasteiger partial charge on any atom is 0.357 e. The molecule has 1 aromatic heterocycles. The van der Waals surface area contributed by atoms with Gasteiger partial charge in [0.05, 0.1) is 24.8 Å². The maximum atomic E-state index is 12.8. The van der Waals surface area contributed by atoms with Crippen molar-refractivity contribution in [2.75, 3.05) is 18.5 Å². The molecule has 2 amide bonds. The number of anilines is 1. The number of carbonyl (C=O) groups excluding carboxylic acids is 2. The van der Waals surface area contributed by atoms with Gasteiger partial charge in [0.15, 0.2) is 5.69 Å². The molecule has 28 heavy (non-hydrogen) atoms. The number of nitriles is 1. The molecule has 0 atom stereocenters. The zero-order valence-electron chi connectivity index (χ0n) is 16.3. The first-order valence-electron chi connectivity index (χ1n) is 9.10. The summed E-state index contributed by atoms with van der Waals surface area (Å²) in [4.78, 5) is 30.5. The molecule has 1 N–H and O–H groups in total. The smallest absolute Gasteiger partial charge is 0.357 e. The standard InChI is InChI=1S/C20H24N4O3S/c1-4-27-19(25)17-13-28-18(23-17)12-24(9-8-14(2)3)20(26)22-16-7-5-6-15(10-16)11-21/h5-7,10,13-14H,4,8-9,12H2,1-3H3,(H,22,26). The monoisotopic (exact) mass is 400 g/mol. The molecule has 0 aliphatic rings. The fourth-order valence-electron chi connectivity index (χ4n) is 2.38. The highest BCUT2D eigenvalue weighted by molar-refractivity contribution is 7.09. The minimum Gasteiger partial charge on any atom is -0.461 e. The summed E-state index contributed by atoms with van der Waals surface area (Å²) in [6.07, 6.45) is 0.835. The van der Waals surface area contributed by atoms with Gasteiger partial charge in [-0.1, -0.05) is 19.9 Å². The molecule has 0 spiro atoms. The van der Waals surface area contributed by atoms with Crippen LogP contribution in [0.2, 0.25) is 0 Å². The Kier molecular flexibility index (Phi) is 7.96. The molecular weight excluding hydrogens is 376 g/mol. The van der Waals surface area contributed by atoms with Crippen LogP contribution in [0.25, 0.3) is 0 Å². The number of esters is 1. The zero-order valence-corrected chi connectivity index (χ0v) is 17.1. The van der Waals surface area contributed by atoms with Crippen molar-refractivity contribution < 1.29 is 14.3 Å². The summed E-state index contributed by atoms with van der Waals surface area (Å²) in [5, 5.41) is 14.1. The third-order valence-corrected chi connectivity index (χ3v) is 4.70. The van der Waals surface area contributed by atoms with Gasteiger partial charge in [-0.05, 0) is 37.5 Å². The lowest BCUT2D eigenvalue weighted by Gasteiger charge is -2.23. The van der Waals surface area contributed by atoms with Crippen LogP contribution in [-0.2, 0) is 11.3 Å². The molecule has 1 aromatic carbocycles. The Labute approximate surface area is 169 Å². The Bertz CT molecular complexity index is 857. The molecular formula is C20H24N4O3S. The number of thiazole rings is 1. The normalized spacial score (nSPS) is 10.4. The average molecular weight is 401 g/mol. The number of aromatic nitrogens is 1. The predicted octanol–water partition coefficient (Wildman–Crippen LogP) is 4.27. The zero-order chi connectivity index (χ0) is 20.5. The van der Waals surface area contributed by atoms with Gasteiger partial charge in [-0.25, -0.2) is 14.6 Å². The number of benzene rings is 1. The molecule has 8 heteroatoms. The molecule has 0 aliphatic carbocycles. The van der Waals surface area contributed by atoms with Gasteiger partial charge < -0.3 is 15.0 Å². The summed E-state index contributed by atoms with van der Waals surface area (Å²) in [6, 6.07) is 8.55. The number of hydrogen-bond acceptors (Lipinski definition) is 6. The van der Waals surface area contributed by atoms with E-state index in [1.54, 1.807) is 41.5 Å². The molecule has 0 unspecified atom stereocenters. The van der Waals surface area contributed by atoms with E-state index in [-0.39, 0.29) is 18.3 Å². The Balaban J connectivity index is 2.11. The molecule has 0 saturated carbocycles. The fourth-order valence-corrected chi connectivity index (χ4v) is 3.16. The topological polar surface area (TPSA) is 95.3 Å². The van der Waals surface area contributed by atoms with Crippen LogP contribution in [0.4, 0.5) is 10.5 Å². The van der Waals surface area contributed by atoms with Gasteiger partial charge in [-0.15, -0.1) is 11.3 Å². The van der Waals surface area contributed by atoms with E-state index in [2.05, 4.69) is 30.2 Å². The summed E-state index contributed by atoms with van der Waals surface area (Å²) in [6.45, 7) is 7.06. The van der Waals surface area contributed by atoms with Gasteiger partial charge in [0.2, 0.25) is 0 Å². The number of urea groups is 1. The second-order valence-electron chi connectivity index (χ2n) is 6.57. The summed E-state index contributed by atoms with van der Waals surface area (Å²) < 4.78 is 4.96. The molecule has 0 saturated heterocycles. The third kappa shape index (κ3) is 6.35. The van der Waals surface area contributed by atoms with Gasteiger partial charge in [0, 0.05) is 17.6 Å². The highest BCUT2D eigenvalue weighted by atomic mass is 32.1. The molecule has 2 rings (SSSR count). The number of carbonyl (C=O) groups is 2. The van der Waals surface area contributed by atoms with Crippen LogP contribution in [-0.4, -0.2) is 35.0 Å². The Hall–Kier alpha value is -2.92. The van der Waals surface area contributed by atoms with Gasteiger partial charge in [0.1, 0.15) is 5.01 Å². The molecule has 7 nitrogen and oxygen atoms in total. The van der Waals surface area contributed by atoms with Crippen molar-refractivity contribution >= 4 is 29.0 Å². The average Bonchev–Trinajstić information content (AvgIpc) is 3.14. The van der Waals surface area contributed by atoms with Crippen LogP contribution in [0.5, 0.6) is 0 Å². The lowest BCUT2D eigenvalue weighted by atomic mass is 10.1. The van der Waals surface area contributed by atoms with Crippen molar-refractivity contribution in [2.45, 2.75) is 33.7 Å². The SMILES string of the molecule is CCOC(=O)c1csc(CN(CCC(C)C)C(=O)Nc2cccc(C#N)c2)n1. The minimum atomic E-state index is -0.462. The van der Waals surface area contributed by atoms with Crippen LogP contribution < -0.4 is 5.32 Å². The maximum absolute atomic E-state index is 12.8. The molecule has 0 radical (unpaired) electrons. The minimum absolute atomic E-state index is 0.257. The van der Waals surface area contributed by atoms with E-state index in [0.29, 0.717) is 35.3 Å². The van der Waals surface area contributed by atoms with Crippen molar-refractivity contribution in [3.05, 3.63) is 45.9 Å². The number of ether oxygens (including phenoxy) is 1. The lowest BCUT2D eigenvalue weighted by Crippen LogP contribution is -2.35. The van der Waals surface area contributed by atoms with E-state index in [4.69, 9.17) is 10.00 Å². The van der Waals surface area contributed by atoms with Crippen molar-refractivity contribution in [3.63, 3.8) is 0 Å². The summed E-state index contributed by atoms with van der Waals surface area (Å²) in [5.41, 5.74) is 1.29. The van der Waals surface area contributed by atoms with Gasteiger partial charge in [-0.2, -0.15) is 5.26 Å². The van der Waals surface area contributed by atoms with E-state index < -0.39 is 5.97 Å². The number of hydrogen-bond donors (Lipinski definition) is 1. The summed E-state index contributed by atoms with van der Waals surface area (Å²) >= 11 is 1.32. The van der Waals surface area contributed by atoms with Crippen LogP contribution >= 0.6 is 11.3 Å². The number of rotatable bonds is 8. The molecule has 1 heterocycles. The first kappa shape index (κ1) is 21.4. The van der Waals surface area contributed by atoms with E-state index >= 15 is 0 Å². The fraction of sp³-hybridized carbons (Fsp3) is 0.400. The van der Waals surface area contributed by atoms with Crippen LogP contribution in [0.1, 0.15) is 48.3 Å². The van der Waals surface area contributed by atoms with Gasteiger partial charge in [0.25, 0.3) is 0 Å². The first-order chi connectivity index (χ1) is 13.4. The third-order valence-electron chi connectivity index (χ3n) is 3.87. The van der Waals surface area contributed by atoms with Crippen LogP contribution in [0.15, 0.2) is 29.6 Å². The predicted molar refractivity (Wildman–Crippen MR) is 108 cm³/mol. The molecule has 148 valence electrons. The molecule has 0 bridgehead atoms. The second kappa shape index (κ2) is 10.4. The quantitative estimate of drug-likeness (QED) is 0.668. The number of amides is 2. The Morgan fingerprint density at radius 2 is 2.18 bits per heavy atom. The van der Waals surface area contributed by atoms with E-state index in [1.807, 2.05) is 0 Å². The number of nitrogens with zero attached hydrogens (tertiary/aromatic N) is 3. The van der Waals surface area contributed by atoms with Crippen molar-refractivity contribution in [1.82, 2.24) is 9.88 Å². The highest BCUT2D eigenvalue weighted by Gasteiger charge is 2.18. The van der Waals surface area contributed by atoms with E-state index in [0.717, 1.165) is 6.42 Å². The Morgan fingerprint density at radius 3 is 2.86 bits per heavy atom. The largest absolute Gasteiger partial charge is 0.461 e. The van der Waals surface area contributed by atoms with Crippen molar-refractivity contribution in [1.29, 1.82) is 5.26 Å². The van der Waals surface area contributed by atoms with E-state index in [9.17, 15) is 9.59 Å². The van der Waals surface area contributed by atoms with E-state index in [1.165, 1.54) is 11.3 Å². The lowest BCUT2D eigenvalue weighted by molar-refractivity contribution is 0.0520. The molecule has 0 aliphatic heterocycles. The second-order valence-corrected chi connectivity index (χ2v) is 7.52. The Morgan fingerprint density at radius 1 is 1.39 bits per heavy atom. The summed E-state index contributed by atoms with van der Waals surface area (Å²) in [7, 11) is 0. The molecule has 0 fully saturated rings. The van der Waals surface area contributed by atoms with Gasteiger partial charge >= 0.3 is 12.0 Å². The van der Waals surface area contributed by atoms with Crippen LogP contribution in [0, 0.1) is 17.2 Å². The van der Waals surface area contributed by atoms with Crippen LogP contribution in [0.3, 0.4) is 0 Å². The number of nitrogens with one attached hydrogen (secondary N) is 1. The van der Waals surface area contributed by atoms with Crippen molar-refractivity contribution in [2.24, 2.45) is 5.92 Å². The summed E-state index contributed by atoms with van der Waals surface area (Å²) in [5.74, 6) is -0.0277. The van der Waals surface area contributed by atoms with Crippen molar-refractivity contribution in [3.8, 4) is 6.07 Å².